The van der Waals surface area contributed by atoms with E-state index < -0.39 is 11.7 Å². The molecule has 1 N–H and O–H groups in total. The third-order valence-corrected chi connectivity index (χ3v) is 2.53. The normalized spacial score (nSPS) is 23.1. The van der Waals surface area contributed by atoms with E-state index in [2.05, 4.69) is 5.32 Å². The molecule has 5 heteroatoms. The van der Waals surface area contributed by atoms with Crippen molar-refractivity contribution in [1.82, 2.24) is 5.32 Å². The molecule has 0 unspecified atom stereocenters. The monoisotopic (exact) mass is 243 g/mol. The number of methoxy groups -OCH3 is 1. The Morgan fingerprint density at radius 3 is 2.53 bits per heavy atom. The number of alkyl carbamates (subject to hydrolysis) is 1. The molecule has 0 spiro atoms. The minimum atomic E-state index is -0.487. The van der Waals surface area contributed by atoms with Gasteiger partial charge in [0.15, 0.2) is 5.78 Å². The lowest BCUT2D eigenvalue weighted by atomic mass is 10.2. The summed E-state index contributed by atoms with van der Waals surface area (Å²) in [6, 6.07) is 0. The molecule has 0 aromatic carbocycles. The summed E-state index contributed by atoms with van der Waals surface area (Å²) in [4.78, 5) is 22.8. The predicted octanol–water partition coefficient (Wildman–Crippen LogP) is 1.36. The van der Waals surface area contributed by atoms with E-state index in [9.17, 15) is 9.59 Å². The first kappa shape index (κ1) is 14.0. The number of nitrogens with one attached hydrogen (secondary N) is 1. The Morgan fingerprint density at radius 2 is 2.00 bits per heavy atom. The Balaban J connectivity index is 2.17. The molecule has 1 aliphatic carbocycles. The van der Waals surface area contributed by atoms with E-state index in [-0.39, 0.29) is 24.2 Å². The van der Waals surface area contributed by atoms with Crippen LogP contribution in [0.3, 0.4) is 0 Å². The molecule has 0 radical (unpaired) electrons. The van der Waals surface area contributed by atoms with Gasteiger partial charge < -0.3 is 14.8 Å². The number of hydrogen-bond acceptors (Lipinski definition) is 4. The van der Waals surface area contributed by atoms with Crippen molar-refractivity contribution in [2.75, 3.05) is 20.3 Å². The van der Waals surface area contributed by atoms with Crippen LogP contribution in [0.5, 0.6) is 0 Å². The molecule has 0 saturated heterocycles. The summed E-state index contributed by atoms with van der Waals surface area (Å²) in [7, 11) is 1.51. The van der Waals surface area contributed by atoms with Crippen LogP contribution in [0.1, 0.15) is 27.2 Å². The zero-order valence-electron chi connectivity index (χ0n) is 10.9. The van der Waals surface area contributed by atoms with Gasteiger partial charge in [0, 0.05) is 19.6 Å². The van der Waals surface area contributed by atoms with Crippen LogP contribution in [0.2, 0.25) is 0 Å². The second-order valence-corrected chi connectivity index (χ2v) is 5.38. The van der Waals surface area contributed by atoms with Crippen molar-refractivity contribution in [2.45, 2.75) is 32.8 Å². The number of carbonyl (C=O) groups is 2. The predicted molar refractivity (Wildman–Crippen MR) is 62.7 cm³/mol. The minimum absolute atomic E-state index is 0.0462. The molecule has 0 aromatic rings. The Morgan fingerprint density at radius 1 is 1.35 bits per heavy atom. The van der Waals surface area contributed by atoms with Gasteiger partial charge in [-0.25, -0.2) is 4.79 Å². The van der Waals surface area contributed by atoms with Gasteiger partial charge in [-0.15, -0.1) is 0 Å². The Bertz CT molecular complexity index is 295. The lowest BCUT2D eigenvalue weighted by Gasteiger charge is -2.19. The standard InChI is InChI=1S/C12H21NO4/c1-12(2,3)17-11(15)13-6-8-5-9(8)10(14)7-16-4/h8-9H,5-7H2,1-4H3,(H,13,15)/t8-,9-/m0/s1. The maximum Gasteiger partial charge on any atom is 0.407 e. The molecule has 1 rings (SSSR count). The van der Waals surface area contributed by atoms with Crippen molar-refractivity contribution in [3.05, 3.63) is 0 Å². The molecule has 0 aromatic heterocycles. The summed E-state index contributed by atoms with van der Waals surface area (Å²) in [5.41, 5.74) is -0.487. The van der Waals surface area contributed by atoms with Crippen molar-refractivity contribution in [3.8, 4) is 0 Å². The first-order chi connectivity index (χ1) is 7.83. The zero-order valence-corrected chi connectivity index (χ0v) is 10.9. The highest BCUT2D eigenvalue weighted by Crippen LogP contribution is 2.38. The summed E-state index contributed by atoms with van der Waals surface area (Å²) in [5.74, 6) is 0.401. The molecule has 0 bridgehead atoms. The largest absolute Gasteiger partial charge is 0.444 e. The summed E-state index contributed by atoms with van der Waals surface area (Å²) < 4.78 is 9.88. The van der Waals surface area contributed by atoms with Crippen molar-refractivity contribution >= 4 is 11.9 Å². The lowest BCUT2D eigenvalue weighted by molar-refractivity contribution is -0.124. The number of hydrogen-bond donors (Lipinski definition) is 1. The minimum Gasteiger partial charge on any atom is -0.444 e. The van der Waals surface area contributed by atoms with Gasteiger partial charge in [-0.3, -0.25) is 4.79 Å². The highest BCUT2D eigenvalue weighted by Gasteiger charge is 2.42. The van der Waals surface area contributed by atoms with E-state index >= 15 is 0 Å². The number of ketones is 1. The Labute approximate surface area is 102 Å². The highest BCUT2D eigenvalue weighted by atomic mass is 16.6. The average Bonchev–Trinajstić information content (AvgIpc) is 2.91. The maximum absolute atomic E-state index is 11.4. The smallest absolute Gasteiger partial charge is 0.407 e. The van der Waals surface area contributed by atoms with E-state index in [0.717, 1.165) is 6.42 Å². The highest BCUT2D eigenvalue weighted by molar-refractivity contribution is 5.85. The first-order valence-corrected chi connectivity index (χ1v) is 5.82. The van der Waals surface area contributed by atoms with Crippen molar-refractivity contribution < 1.29 is 19.1 Å². The van der Waals surface area contributed by atoms with Crippen LogP contribution in [0.25, 0.3) is 0 Å². The van der Waals surface area contributed by atoms with Crippen LogP contribution in [0, 0.1) is 11.8 Å². The second-order valence-electron chi connectivity index (χ2n) is 5.38. The number of ether oxygens (including phenoxy) is 2. The topological polar surface area (TPSA) is 64.6 Å². The number of amides is 1. The van der Waals surface area contributed by atoms with Crippen molar-refractivity contribution in [3.63, 3.8) is 0 Å². The van der Waals surface area contributed by atoms with Gasteiger partial charge in [-0.1, -0.05) is 0 Å². The van der Waals surface area contributed by atoms with E-state index in [1.54, 1.807) is 0 Å². The fourth-order valence-electron chi connectivity index (χ4n) is 1.65. The fourth-order valence-corrected chi connectivity index (χ4v) is 1.65. The molecule has 0 aliphatic heterocycles. The number of rotatable bonds is 5. The van der Waals surface area contributed by atoms with Gasteiger partial charge in [0.1, 0.15) is 12.2 Å². The maximum atomic E-state index is 11.4. The zero-order chi connectivity index (χ0) is 13.1. The molecule has 1 aliphatic rings. The van der Waals surface area contributed by atoms with E-state index in [1.165, 1.54) is 7.11 Å². The third kappa shape index (κ3) is 5.17. The number of carbonyl (C=O) groups excluding carboxylic acids is 2. The first-order valence-electron chi connectivity index (χ1n) is 5.82. The number of Topliss-reactive ketones (excluding diaryl/α,β-unsaturated/α-hetero) is 1. The lowest BCUT2D eigenvalue weighted by Crippen LogP contribution is -2.34. The Hall–Kier alpha value is -1.10. The van der Waals surface area contributed by atoms with Crippen molar-refractivity contribution in [2.24, 2.45) is 11.8 Å². The van der Waals surface area contributed by atoms with E-state index in [0.29, 0.717) is 6.54 Å². The molecule has 1 fully saturated rings. The quantitative estimate of drug-likeness (QED) is 0.792. The van der Waals surface area contributed by atoms with Crippen LogP contribution in [0.15, 0.2) is 0 Å². The molecular weight excluding hydrogens is 222 g/mol. The summed E-state index contributed by atoms with van der Waals surface area (Å²) in [5, 5.41) is 2.67. The van der Waals surface area contributed by atoms with Crippen LogP contribution >= 0.6 is 0 Å². The Kier molecular flexibility index (Phi) is 4.51. The molecule has 1 amide bonds. The molecule has 17 heavy (non-hydrogen) atoms. The molecular formula is C12H21NO4. The fraction of sp³-hybridized carbons (Fsp3) is 0.833. The molecule has 5 nitrogen and oxygen atoms in total. The van der Waals surface area contributed by atoms with Crippen LogP contribution < -0.4 is 5.32 Å². The van der Waals surface area contributed by atoms with Gasteiger partial charge in [-0.05, 0) is 33.1 Å². The summed E-state index contributed by atoms with van der Waals surface area (Å²) in [6.45, 7) is 6.10. The van der Waals surface area contributed by atoms with Gasteiger partial charge in [0.2, 0.25) is 0 Å². The van der Waals surface area contributed by atoms with Gasteiger partial charge in [-0.2, -0.15) is 0 Å². The van der Waals surface area contributed by atoms with Gasteiger partial charge >= 0.3 is 6.09 Å². The van der Waals surface area contributed by atoms with Crippen LogP contribution in [0.4, 0.5) is 4.79 Å². The van der Waals surface area contributed by atoms with Crippen molar-refractivity contribution in [1.29, 1.82) is 0 Å². The SMILES string of the molecule is COCC(=O)[C@H]1C[C@H]1CNC(=O)OC(C)(C)C. The van der Waals surface area contributed by atoms with Gasteiger partial charge in [0.25, 0.3) is 0 Å². The van der Waals surface area contributed by atoms with E-state index in [1.807, 2.05) is 20.8 Å². The summed E-state index contributed by atoms with van der Waals surface area (Å²) in [6.07, 6.45) is 0.403. The van der Waals surface area contributed by atoms with Crippen LogP contribution in [-0.4, -0.2) is 37.7 Å². The molecule has 2 atom stereocenters. The molecule has 1 saturated carbocycles. The average molecular weight is 243 g/mol. The van der Waals surface area contributed by atoms with E-state index in [4.69, 9.17) is 9.47 Å². The molecule has 0 heterocycles. The van der Waals surface area contributed by atoms with Gasteiger partial charge in [0.05, 0.1) is 0 Å². The third-order valence-electron chi connectivity index (χ3n) is 2.53. The molecule has 98 valence electrons. The van der Waals surface area contributed by atoms with Crippen LogP contribution in [-0.2, 0) is 14.3 Å². The summed E-state index contributed by atoms with van der Waals surface area (Å²) >= 11 is 0. The second kappa shape index (κ2) is 5.49.